The first kappa shape index (κ1) is 34.9. The van der Waals surface area contributed by atoms with Gasteiger partial charge in [0.1, 0.15) is 30.7 Å². The standard InChI is InChI=1S/C34H49BrN8O3Si2/c1-47(2,3)16-14-45-23-42-30-22-41(34(44)27-19-37-31(20-36-27)40-12-8-7-9-13-40)21-28(30)38-33(42)32-26-11-10-25(35)18-29(26)43(39-32)24-46-15-17-48(4,5)6/h10-11,18-20H,7-9,12-17,21-24H2,1-6H3. The van der Waals surface area contributed by atoms with E-state index in [1.165, 1.54) is 6.42 Å². The lowest BCUT2D eigenvalue weighted by molar-refractivity contribution is 0.0717. The molecule has 258 valence electrons. The van der Waals surface area contributed by atoms with Crippen LogP contribution in [0.4, 0.5) is 5.82 Å². The van der Waals surface area contributed by atoms with Gasteiger partial charge in [-0.3, -0.25) is 4.79 Å². The molecule has 1 amide bonds. The summed E-state index contributed by atoms with van der Waals surface area (Å²) in [7, 11) is -2.48. The van der Waals surface area contributed by atoms with Crippen LogP contribution in [0.15, 0.2) is 35.1 Å². The third-order valence-corrected chi connectivity index (χ3v) is 12.9. The van der Waals surface area contributed by atoms with Gasteiger partial charge in [0.05, 0.1) is 42.4 Å². The van der Waals surface area contributed by atoms with E-state index in [0.29, 0.717) is 45.5 Å². The molecule has 14 heteroatoms. The maximum atomic E-state index is 13.6. The minimum Gasteiger partial charge on any atom is -0.361 e. The van der Waals surface area contributed by atoms with E-state index in [1.54, 1.807) is 17.3 Å². The van der Waals surface area contributed by atoms with Crippen molar-refractivity contribution >= 4 is 54.7 Å². The molecule has 2 aliphatic rings. The fourth-order valence-electron chi connectivity index (χ4n) is 6.07. The minimum atomic E-state index is -1.27. The molecule has 0 radical (unpaired) electrons. The zero-order chi connectivity index (χ0) is 34.1. The van der Waals surface area contributed by atoms with Crippen molar-refractivity contribution in [3.8, 4) is 11.5 Å². The Morgan fingerprint density at radius 1 is 0.896 bits per heavy atom. The normalized spacial score (nSPS) is 15.5. The van der Waals surface area contributed by atoms with E-state index < -0.39 is 16.1 Å². The quantitative estimate of drug-likeness (QED) is 0.104. The Morgan fingerprint density at radius 2 is 1.60 bits per heavy atom. The van der Waals surface area contributed by atoms with Gasteiger partial charge in [-0.25, -0.2) is 19.6 Å². The molecule has 1 saturated heterocycles. The zero-order valence-corrected chi connectivity index (χ0v) is 32.8. The minimum absolute atomic E-state index is 0.145. The molecule has 48 heavy (non-hydrogen) atoms. The van der Waals surface area contributed by atoms with Gasteiger partial charge in [-0.1, -0.05) is 55.2 Å². The van der Waals surface area contributed by atoms with E-state index in [1.807, 2.05) is 10.7 Å². The highest BCUT2D eigenvalue weighted by Gasteiger charge is 2.33. The van der Waals surface area contributed by atoms with Crippen LogP contribution in [0.1, 0.15) is 41.1 Å². The van der Waals surface area contributed by atoms with Crippen LogP contribution in [0.25, 0.3) is 22.4 Å². The summed E-state index contributed by atoms with van der Waals surface area (Å²) in [5.41, 5.74) is 3.94. The van der Waals surface area contributed by atoms with Crippen LogP contribution in [0, 0.1) is 0 Å². The van der Waals surface area contributed by atoms with Crippen molar-refractivity contribution in [1.29, 1.82) is 0 Å². The van der Waals surface area contributed by atoms with E-state index in [2.05, 4.69) is 86.8 Å². The largest absolute Gasteiger partial charge is 0.361 e. The lowest BCUT2D eigenvalue weighted by Gasteiger charge is -2.27. The molecule has 0 unspecified atom stereocenters. The molecule has 0 N–H and O–H groups in total. The number of carbonyl (C=O) groups is 1. The molecule has 6 rings (SSSR count). The molecule has 0 saturated carbocycles. The van der Waals surface area contributed by atoms with Crippen molar-refractivity contribution < 1.29 is 14.3 Å². The molecule has 0 bridgehead atoms. The smallest absolute Gasteiger partial charge is 0.274 e. The fraction of sp³-hybridized carbons (Fsp3) is 0.559. The number of halogens is 1. The first-order valence-corrected chi connectivity index (χ1v) is 25.3. The van der Waals surface area contributed by atoms with Gasteiger partial charge in [0, 0.05) is 52.3 Å². The van der Waals surface area contributed by atoms with Crippen molar-refractivity contribution in [3.05, 3.63) is 52.1 Å². The molecule has 1 aromatic carbocycles. The summed E-state index contributed by atoms with van der Waals surface area (Å²) in [4.78, 5) is 32.0. The summed E-state index contributed by atoms with van der Waals surface area (Å²) >= 11 is 3.65. The summed E-state index contributed by atoms with van der Waals surface area (Å²) in [5.74, 6) is 1.44. The van der Waals surface area contributed by atoms with Crippen molar-refractivity contribution in [2.45, 2.75) is 97.2 Å². The molecular weight excluding hydrogens is 705 g/mol. The van der Waals surface area contributed by atoms with Gasteiger partial charge in [-0.2, -0.15) is 5.10 Å². The number of anilines is 1. The van der Waals surface area contributed by atoms with Gasteiger partial charge in [0.15, 0.2) is 5.82 Å². The lowest BCUT2D eigenvalue weighted by atomic mass is 10.1. The van der Waals surface area contributed by atoms with Crippen LogP contribution >= 0.6 is 15.9 Å². The number of carbonyl (C=O) groups excluding carboxylic acids is 1. The molecule has 3 aromatic heterocycles. The number of fused-ring (bicyclic) bond motifs is 2. The topological polar surface area (TPSA) is 103 Å². The number of ether oxygens (including phenoxy) is 2. The Labute approximate surface area is 294 Å². The van der Waals surface area contributed by atoms with Crippen LogP contribution < -0.4 is 4.90 Å². The molecule has 0 spiro atoms. The molecule has 0 aliphatic carbocycles. The van der Waals surface area contributed by atoms with Gasteiger partial charge in [0.2, 0.25) is 0 Å². The summed E-state index contributed by atoms with van der Waals surface area (Å²) in [6.45, 7) is 19.0. The Balaban J connectivity index is 1.26. The molecule has 2 aliphatic heterocycles. The number of piperidine rings is 1. The maximum Gasteiger partial charge on any atom is 0.274 e. The highest BCUT2D eigenvalue weighted by Crippen LogP contribution is 2.34. The van der Waals surface area contributed by atoms with Crippen LogP contribution in [0.3, 0.4) is 0 Å². The third kappa shape index (κ3) is 8.26. The number of hydrogen-bond donors (Lipinski definition) is 0. The number of amides is 1. The number of benzene rings is 1. The van der Waals surface area contributed by atoms with E-state index in [9.17, 15) is 4.79 Å². The lowest BCUT2D eigenvalue weighted by Crippen LogP contribution is -2.31. The molecule has 4 aromatic rings. The van der Waals surface area contributed by atoms with Crippen LogP contribution in [0.2, 0.25) is 51.4 Å². The summed E-state index contributed by atoms with van der Waals surface area (Å²) in [5, 5.41) is 6.07. The average molecular weight is 754 g/mol. The Kier molecular flexibility index (Phi) is 10.6. The Bertz CT molecular complexity index is 1740. The van der Waals surface area contributed by atoms with E-state index >= 15 is 0 Å². The monoisotopic (exact) mass is 752 g/mol. The van der Waals surface area contributed by atoms with Crippen molar-refractivity contribution in [3.63, 3.8) is 0 Å². The zero-order valence-electron chi connectivity index (χ0n) is 29.3. The van der Waals surface area contributed by atoms with E-state index in [-0.39, 0.29) is 5.91 Å². The number of rotatable bonds is 13. The van der Waals surface area contributed by atoms with E-state index in [0.717, 1.165) is 82.1 Å². The van der Waals surface area contributed by atoms with Crippen molar-refractivity contribution in [2.75, 3.05) is 31.2 Å². The molecular formula is C34H49BrN8O3Si2. The van der Waals surface area contributed by atoms with Gasteiger partial charge in [0.25, 0.3) is 5.91 Å². The second kappa shape index (κ2) is 14.5. The van der Waals surface area contributed by atoms with Gasteiger partial charge in [-0.05, 0) is 49.5 Å². The van der Waals surface area contributed by atoms with Gasteiger partial charge < -0.3 is 23.8 Å². The average Bonchev–Trinajstić information content (AvgIpc) is 3.72. The van der Waals surface area contributed by atoms with Gasteiger partial charge >= 0.3 is 0 Å². The van der Waals surface area contributed by atoms with Crippen LogP contribution in [0.5, 0.6) is 0 Å². The predicted octanol–water partition coefficient (Wildman–Crippen LogP) is 7.22. The first-order chi connectivity index (χ1) is 22.9. The summed E-state index contributed by atoms with van der Waals surface area (Å²) in [6, 6.07) is 8.36. The first-order valence-electron chi connectivity index (χ1n) is 17.1. The van der Waals surface area contributed by atoms with Crippen LogP contribution in [-0.4, -0.2) is 82.6 Å². The van der Waals surface area contributed by atoms with E-state index in [4.69, 9.17) is 19.6 Å². The van der Waals surface area contributed by atoms with Crippen molar-refractivity contribution in [2.24, 2.45) is 0 Å². The predicted molar refractivity (Wildman–Crippen MR) is 199 cm³/mol. The summed E-state index contributed by atoms with van der Waals surface area (Å²) < 4.78 is 17.5. The molecule has 11 nitrogen and oxygen atoms in total. The number of aromatic nitrogens is 6. The SMILES string of the molecule is C[Si](C)(C)CCOCn1c(-c2nn(COCC[Si](C)(C)C)c3cc(Br)ccc23)nc2c1CN(C(=O)c1cnc(N3CCCCC3)cn1)C2. The van der Waals surface area contributed by atoms with Crippen LogP contribution in [-0.2, 0) is 36.0 Å². The van der Waals surface area contributed by atoms with Gasteiger partial charge in [-0.15, -0.1) is 0 Å². The summed E-state index contributed by atoms with van der Waals surface area (Å²) in [6.07, 6.45) is 6.92. The second-order valence-corrected chi connectivity index (χ2v) is 27.6. The molecule has 1 fully saturated rings. The second-order valence-electron chi connectivity index (χ2n) is 15.4. The number of nitrogens with zero attached hydrogens (tertiary/aromatic N) is 8. The Hall–Kier alpha value is -2.92. The molecule has 0 atom stereocenters. The maximum absolute atomic E-state index is 13.6. The number of imidazole rings is 1. The highest BCUT2D eigenvalue weighted by molar-refractivity contribution is 9.10. The van der Waals surface area contributed by atoms with Crippen molar-refractivity contribution in [1.82, 2.24) is 34.2 Å². The third-order valence-electron chi connectivity index (χ3n) is 9.01. The Morgan fingerprint density at radius 3 is 2.27 bits per heavy atom. The number of hydrogen-bond acceptors (Lipinski definition) is 8. The molecule has 5 heterocycles. The fourth-order valence-corrected chi connectivity index (χ4v) is 7.94. The highest BCUT2D eigenvalue weighted by atomic mass is 79.9.